The molecule has 2 rings (SSSR count). The smallest absolute Gasteiger partial charge is 0.0299 e. The van der Waals surface area contributed by atoms with Gasteiger partial charge in [0.1, 0.15) is 0 Å². The third-order valence-electron chi connectivity index (χ3n) is 3.11. The molecular weight excluding hydrogens is 170 g/mol. The molecule has 0 fully saturated rings. The quantitative estimate of drug-likeness (QED) is 0.661. The summed E-state index contributed by atoms with van der Waals surface area (Å²) < 4.78 is 0. The lowest BCUT2D eigenvalue weighted by Crippen LogP contribution is -2.36. The zero-order valence-corrected chi connectivity index (χ0v) is 9.52. The average molecular weight is 189 g/mol. The van der Waals surface area contributed by atoms with Crippen molar-refractivity contribution in [2.75, 3.05) is 0 Å². The van der Waals surface area contributed by atoms with Gasteiger partial charge in [0, 0.05) is 12.1 Å². The summed E-state index contributed by atoms with van der Waals surface area (Å²) in [6, 6.07) is 5.75. The molecule has 0 spiro atoms. The Balaban J connectivity index is 2.53. The molecule has 1 nitrogen and oxygen atoms in total. The van der Waals surface area contributed by atoms with Crippen molar-refractivity contribution in [3.8, 4) is 0 Å². The van der Waals surface area contributed by atoms with Gasteiger partial charge in [-0.05, 0) is 50.8 Å². The number of fused-ring (bicyclic) bond motifs is 1. The molecule has 0 bridgehead atoms. The van der Waals surface area contributed by atoms with E-state index in [-0.39, 0.29) is 0 Å². The van der Waals surface area contributed by atoms with E-state index >= 15 is 0 Å². The van der Waals surface area contributed by atoms with Crippen molar-refractivity contribution in [3.63, 3.8) is 0 Å². The van der Waals surface area contributed by atoms with Gasteiger partial charge in [0.15, 0.2) is 0 Å². The minimum atomic E-state index is 0.509. The number of hydrogen-bond donors (Lipinski definition) is 1. The molecular formula is C13H19N. The monoisotopic (exact) mass is 189 g/mol. The van der Waals surface area contributed by atoms with Crippen molar-refractivity contribution < 1.29 is 0 Å². The van der Waals surface area contributed by atoms with Crippen LogP contribution in [0.3, 0.4) is 0 Å². The molecule has 0 amide bonds. The molecule has 14 heavy (non-hydrogen) atoms. The van der Waals surface area contributed by atoms with Crippen molar-refractivity contribution in [1.82, 2.24) is 5.32 Å². The van der Waals surface area contributed by atoms with Crippen molar-refractivity contribution in [2.24, 2.45) is 0 Å². The van der Waals surface area contributed by atoms with Gasteiger partial charge < -0.3 is 5.32 Å². The number of aryl methyl sites for hydroxylation is 2. The second kappa shape index (κ2) is 3.39. The Morgan fingerprint density at radius 2 is 1.93 bits per heavy atom. The molecule has 0 aliphatic carbocycles. The highest BCUT2D eigenvalue weighted by Gasteiger charge is 2.21. The molecule has 0 saturated heterocycles. The van der Waals surface area contributed by atoms with Crippen LogP contribution >= 0.6 is 0 Å². The SMILES string of the molecule is Cc1cc(C)c2c(c1)CC(C)NC2C. The Morgan fingerprint density at radius 1 is 1.21 bits per heavy atom. The van der Waals surface area contributed by atoms with E-state index in [2.05, 4.69) is 45.1 Å². The Kier molecular flexibility index (Phi) is 2.36. The van der Waals surface area contributed by atoms with Crippen molar-refractivity contribution >= 4 is 0 Å². The van der Waals surface area contributed by atoms with Crippen LogP contribution in [0.15, 0.2) is 12.1 Å². The van der Waals surface area contributed by atoms with Gasteiger partial charge in [-0.25, -0.2) is 0 Å². The summed E-state index contributed by atoms with van der Waals surface area (Å²) in [5.74, 6) is 0. The summed E-state index contributed by atoms with van der Waals surface area (Å²) in [6.45, 7) is 8.93. The molecule has 0 aromatic heterocycles. The lowest BCUT2D eigenvalue weighted by molar-refractivity contribution is 0.444. The molecule has 76 valence electrons. The second-order valence-corrected chi connectivity index (χ2v) is 4.65. The lowest BCUT2D eigenvalue weighted by atomic mass is 9.87. The first-order valence-corrected chi connectivity index (χ1v) is 5.44. The van der Waals surface area contributed by atoms with E-state index in [1.54, 1.807) is 5.56 Å². The summed E-state index contributed by atoms with van der Waals surface area (Å²) in [4.78, 5) is 0. The van der Waals surface area contributed by atoms with E-state index in [0.717, 1.165) is 0 Å². The molecule has 1 aliphatic rings. The first kappa shape index (κ1) is 9.72. The van der Waals surface area contributed by atoms with Crippen LogP contribution in [0.4, 0.5) is 0 Å². The third kappa shape index (κ3) is 1.57. The molecule has 1 heterocycles. The van der Waals surface area contributed by atoms with Crippen molar-refractivity contribution in [2.45, 2.75) is 46.2 Å². The van der Waals surface area contributed by atoms with Crippen LogP contribution in [-0.2, 0) is 6.42 Å². The predicted octanol–water partition coefficient (Wildman–Crippen LogP) is 2.90. The number of hydrogen-bond acceptors (Lipinski definition) is 1. The normalized spacial score (nSPS) is 26.0. The maximum Gasteiger partial charge on any atom is 0.0299 e. The molecule has 1 heteroatoms. The van der Waals surface area contributed by atoms with Gasteiger partial charge in [0.05, 0.1) is 0 Å². The topological polar surface area (TPSA) is 12.0 Å². The van der Waals surface area contributed by atoms with Gasteiger partial charge in [-0.15, -0.1) is 0 Å². The maximum absolute atomic E-state index is 3.60. The molecule has 1 aromatic carbocycles. The number of nitrogens with one attached hydrogen (secondary N) is 1. The van der Waals surface area contributed by atoms with E-state index < -0.39 is 0 Å². The van der Waals surface area contributed by atoms with Crippen molar-refractivity contribution in [1.29, 1.82) is 0 Å². The van der Waals surface area contributed by atoms with E-state index in [1.165, 1.54) is 23.1 Å². The average Bonchev–Trinajstić information content (AvgIpc) is 1.99. The van der Waals surface area contributed by atoms with Crippen LogP contribution in [-0.4, -0.2) is 6.04 Å². The fourth-order valence-corrected chi connectivity index (χ4v) is 2.75. The van der Waals surface area contributed by atoms with Gasteiger partial charge in [0.2, 0.25) is 0 Å². The van der Waals surface area contributed by atoms with E-state index in [9.17, 15) is 0 Å². The highest BCUT2D eigenvalue weighted by molar-refractivity contribution is 5.42. The fraction of sp³-hybridized carbons (Fsp3) is 0.538. The Labute approximate surface area is 86.5 Å². The van der Waals surface area contributed by atoms with Gasteiger partial charge in [-0.3, -0.25) is 0 Å². The van der Waals surface area contributed by atoms with E-state index in [0.29, 0.717) is 12.1 Å². The molecule has 1 aromatic rings. The Bertz CT molecular complexity index is 354. The van der Waals surface area contributed by atoms with E-state index in [4.69, 9.17) is 0 Å². The molecule has 1 aliphatic heterocycles. The van der Waals surface area contributed by atoms with Gasteiger partial charge in [-0.1, -0.05) is 17.7 Å². The van der Waals surface area contributed by atoms with Gasteiger partial charge >= 0.3 is 0 Å². The highest BCUT2D eigenvalue weighted by atomic mass is 14.9. The molecule has 2 atom stereocenters. The summed E-state index contributed by atoms with van der Waals surface area (Å²) in [7, 11) is 0. The van der Waals surface area contributed by atoms with Crippen LogP contribution in [0, 0.1) is 13.8 Å². The van der Waals surface area contributed by atoms with Crippen LogP contribution in [0.1, 0.15) is 42.1 Å². The first-order chi connectivity index (χ1) is 6.58. The number of benzene rings is 1. The number of rotatable bonds is 0. The van der Waals surface area contributed by atoms with Crippen molar-refractivity contribution in [3.05, 3.63) is 34.4 Å². The van der Waals surface area contributed by atoms with Crippen LogP contribution < -0.4 is 5.32 Å². The minimum absolute atomic E-state index is 0.509. The summed E-state index contributed by atoms with van der Waals surface area (Å²) in [5, 5.41) is 3.60. The molecule has 0 saturated carbocycles. The van der Waals surface area contributed by atoms with Crippen LogP contribution in [0.25, 0.3) is 0 Å². The summed E-state index contributed by atoms with van der Waals surface area (Å²) in [5.41, 5.74) is 5.89. The zero-order chi connectivity index (χ0) is 10.3. The Morgan fingerprint density at radius 3 is 2.64 bits per heavy atom. The second-order valence-electron chi connectivity index (χ2n) is 4.65. The predicted molar refractivity (Wildman–Crippen MR) is 60.6 cm³/mol. The lowest BCUT2D eigenvalue weighted by Gasteiger charge is -2.31. The molecule has 0 radical (unpaired) electrons. The van der Waals surface area contributed by atoms with Gasteiger partial charge in [0.25, 0.3) is 0 Å². The summed E-state index contributed by atoms with van der Waals surface area (Å²) >= 11 is 0. The molecule has 1 N–H and O–H groups in total. The van der Waals surface area contributed by atoms with E-state index in [1.807, 2.05) is 0 Å². The van der Waals surface area contributed by atoms with Crippen LogP contribution in [0.2, 0.25) is 0 Å². The standard InChI is InChI=1S/C13H19N/c1-8-5-9(2)13-11(4)14-10(3)7-12(13)6-8/h5-6,10-11,14H,7H2,1-4H3. The third-order valence-corrected chi connectivity index (χ3v) is 3.11. The fourth-order valence-electron chi connectivity index (χ4n) is 2.75. The summed E-state index contributed by atoms with van der Waals surface area (Å²) in [6.07, 6.45) is 1.17. The highest BCUT2D eigenvalue weighted by Crippen LogP contribution is 2.28. The Hall–Kier alpha value is -0.820. The van der Waals surface area contributed by atoms with Crippen LogP contribution in [0.5, 0.6) is 0 Å². The van der Waals surface area contributed by atoms with Gasteiger partial charge in [-0.2, -0.15) is 0 Å². The zero-order valence-electron chi connectivity index (χ0n) is 9.52. The maximum atomic E-state index is 3.60. The molecule has 2 unspecified atom stereocenters. The first-order valence-electron chi connectivity index (χ1n) is 5.44. The largest absolute Gasteiger partial charge is 0.307 e. The minimum Gasteiger partial charge on any atom is -0.307 e.